The topological polar surface area (TPSA) is 96.4 Å². The molecule has 3 aliphatic heterocycles. The third-order valence-corrected chi connectivity index (χ3v) is 8.37. The van der Waals surface area contributed by atoms with Gasteiger partial charge in [0.2, 0.25) is 11.8 Å². The van der Waals surface area contributed by atoms with Crippen LogP contribution in [0.1, 0.15) is 65.7 Å². The van der Waals surface area contributed by atoms with Crippen molar-refractivity contribution < 1.29 is 29.0 Å². The van der Waals surface area contributed by atoms with Crippen LogP contribution in [0.5, 0.6) is 0 Å². The molecule has 1 spiro atoms. The van der Waals surface area contributed by atoms with Crippen LogP contribution in [0.4, 0.5) is 0 Å². The van der Waals surface area contributed by atoms with E-state index in [0.717, 1.165) is 19.3 Å². The normalized spacial score (nSPS) is 32.4. The summed E-state index contributed by atoms with van der Waals surface area (Å²) in [7, 11) is 0. The van der Waals surface area contributed by atoms with Crippen molar-refractivity contribution in [1.29, 1.82) is 0 Å². The molecule has 1 N–H and O–H groups in total. The van der Waals surface area contributed by atoms with Crippen molar-refractivity contribution in [3.8, 4) is 0 Å². The van der Waals surface area contributed by atoms with Gasteiger partial charge in [-0.3, -0.25) is 14.4 Å². The van der Waals surface area contributed by atoms with Gasteiger partial charge in [0.05, 0.1) is 18.1 Å². The monoisotopic (exact) mass is 504 g/mol. The van der Waals surface area contributed by atoms with Crippen LogP contribution in [0.15, 0.2) is 25.3 Å². The number of hydrogen-bond donors (Lipinski definition) is 1. The minimum atomic E-state index is -1.08. The number of esters is 1. The summed E-state index contributed by atoms with van der Waals surface area (Å²) in [6, 6.07) is -0.814. The molecule has 2 bridgehead atoms. The van der Waals surface area contributed by atoms with E-state index >= 15 is 0 Å². The minimum Gasteiger partial charge on any atom is -0.465 e. The van der Waals surface area contributed by atoms with Crippen molar-refractivity contribution in [3.05, 3.63) is 25.3 Å². The molecule has 0 saturated carbocycles. The van der Waals surface area contributed by atoms with Gasteiger partial charge in [-0.05, 0) is 44.9 Å². The molecule has 0 aromatic carbocycles. The molecular formula is C28H44N2O6. The summed E-state index contributed by atoms with van der Waals surface area (Å²) in [5, 5.41) is 9.33. The molecule has 36 heavy (non-hydrogen) atoms. The highest BCUT2D eigenvalue weighted by Crippen LogP contribution is 2.65. The molecule has 3 unspecified atom stereocenters. The number of aliphatic hydroxyl groups is 1. The highest BCUT2D eigenvalue weighted by Gasteiger charge is 2.80. The second-order valence-electron chi connectivity index (χ2n) is 10.7. The van der Waals surface area contributed by atoms with Gasteiger partial charge in [0.1, 0.15) is 17.6 Å². The van der Waals surface area contributed by atoms with Gasteiger partial charge in [-0.1, -0.05) is 38.8 Å². The maximum Gasteiger partial charge on any atom is 0.312 e. The van der Waals surface area contributed by atoms with Gasteiger partial charge >= 0.3 is 5.97 Å². The van der Waals surface area contributed by atoms with E-state index in [9.17, 15) is 19.5 Å². The zero-order valence-corrected chi connectivity index (χ0v) is 22.2. The van der Waals surface area contributed by atoms with E-state index in [-0.39, 0.29) is 30.9 Å². The number of amides is 2. The number of carbonyl (C=O) groups is 3. The van der Waals surface area contributed by atoms with Crippen molar-refractivity contribution in [2.45, 2.75) is 83.0 Å². The lowest BCUT2D eigenvalue weighted by atomic mass is 9.62. The van der Waals surface area contributed by atoms with Crippen LogP contribution in [-0.2, 0) is 23.9 Å². The van der Waals surface area contributed by atoms with E-state index in [1.807, 2.05) is 13.8 Å². The van der Waals surface area contributed by atoms with Gasteiger partial charge in [0, 0.05) is 26.2 Å². The fourth-order valence-corrected chi connectivity index (χ4v) is 6.52. The molecule has 6 atom stereocenters. The number of aliphatic hydroxyl groups excluding tert-OH is 1. The van der Waals surface area contributed by atoms with Gasteiger partial charge in [-0.15, -0.1) is 13.2 Å². The first kappa shape index (κ1) is 28.4. The van der Waals surface area contributed by atoms with Crippen molar-refractivity contribution in [1.82, 2.24) is 9.80 Å². The van der Waals surface area contributed by atoms with Gasteiger partial charge in [0.15, 0.2) is 0 Å². The third kappa shape index (κ3) is 4.86. The van der Waals surface area contributed by atoms with Crippen molar-refractivity contribution in [2.24, 2.45) is 17.8 Å². The molecule has 202 valence electrons. The van der Waals surface area contributed by atoms with Gasteiger partial charge in [-0.25, -0.2) is 0 Å². The Morgan fingerprint density at radius 3 is 2.64 bits per heavy atom. The number of nitrogens with zero attached hydrogens (tertiary/aromatic N) is 2. The summed E-state index contributed by atoms with van der Waals surface area (Å²) in [5.41, 5.74) is -1.96. The molecule has 8 heteroatoms. The van der Waals surface area contributed by atoms with Crippen molar-refractivity contribution in [3.63, 3.8) is 0 Å². The molecule has 3 aliphatic rings. The predicted molar refractivity (Wildman–Crippen MR) is 137 cm³/mol. The lowest BCUT2D eigenvalue weighted by Gasteiger charge is -2.37. The predicted octanol–water partition coefficient (Wildman–Crippen LogP) is 3.09. The number of ether oxygens (including phenoxy) is 2. The molecule has 3 heterocycles. The second kappa shape index (κ2) is 11.9. The lowest BCUT2D eigenvalue weighted by Crippen LogP contribution is -2.56. The summed E-state index contributed by atoms with van der Waals surface area (Å²) in [5.74, 6) is -2.38. The van der Waals surface area contributed by atoms with Crippen LogP contribution >= 0.6 is 0 Å². The standard InChI is InChI=1S/C28H44N2O6/c1-6-9-11-15-29(14-8-3)25(33)23-28-19-20(4)27(5,36-28)22(26(34)35-18-10-7-2)21(28)24(32)30(23)16-12-13-17-31/h7-8,20-23,31H,2-3,6,9-19H2,1,4-5H3/t20?,21-,22+,23?,27-,28?/m0/s1. The highest BCUT2D eigenvalue weighted by atomic mass is 16.6. The van der Waals surface area contributed by atoms with Crippen LogP contribution in [-0.4, -0.2) is 82.8 Å². The molecule has 3 fully saturated rings. The van der Waals surface area contributed by atoms with Gasteiger partial charge < -0.3 is 24.4 Å². The molecule has 3 rings (SSSR count). The summed E-state index contributed by atoms with van der Waals surface area (Å²) in [6.07, 6.45) is 8.44. The Morgan fingerprint density at radius 1 is 1.25 bits per heavy atom. The Kier molecular flexibility index (Phi) is 9.39. The minimum absolute atomic E-state index is 0.0126. The Bertz CT molecular complexity index is 846. The zero-order chi connectivity index (χ0) is 26.5. The number of rotatable bonds is 15. The Hall–Kier alpha value is -2.19. The van der Waals surface area contributed by atoms with E-state index < -0.39 is 35.0 Å². The highest BCUT2D eigenvalue weighted by molar-refractivity contribution is 5.98. The van der Waals surface area contributed by atoms with E-state index in [4.69, 9.17) is 9.47 Å². The van der Waals surface area contributed by atoms with E-state index in [0.29, 0.717) is 45.3 Å². The largest absolute Gasteiger partial charge is 0.465 e. The van der Waals surface area contributed by atoms with E-state index in [2.05, 4.69) is 20.1 Å². The van der Waals surface area contributed by atoms with E-state index in [1.54, 1.807) is 22.0 Å². The number of hydrogen-bond acceptors (Lipinski definition) is 6. The average Bonchev–Trinajstić information content (AvgIpc) is 3.35. The quantitative estimate of drug-likeness (QED) is 0.209. The summed E-state index contributed by atoms with van der Waals surface area (Å²) >= 11 is 0. The molecule has 0 aliphatic carbocycles. The lowest BCUT2D eigenvalue weighted by molar-refractivity contribution is -0.162. The summed E-state index contributed by atoms with van der Waals surface area (Å²) in [6.45, 7) is 15.0. The average molecular weight is 505 g/mol. The molecule has 0 aromatic rings. The molecule has 0 aromatic heterocycles. The van der Waals surface area contributed by atoms with Crippen molar-refractivity contribution in [2.75, 3.05) is 32.8 Å². The van der Waals surface area contributed by atoms with Crippen LogP contribution in [0.3, 0.4) is 0 Å². The smallest absolute Gasteiger partial charge is 0.312 e. The fraction of sp³-hybridized carbons (Fsp3) is 0.750. The van der Waals surface area contributed by atoms with Crippen LogP contribution in [0.25, 0.3) is 0 Å². The summed E-state index contributed by atoms with van der Waals surface area (Å²) < 4.78 is 12.3. The van der Waals surface area contributed by atoms with Crippen LogP contribution < -0.4 is 0 Å². The molecule has 0 radical (unpaired) electrons. The van der Waals surface area contributed by atoms with Crippen LogP contribution in [0, 0.1) is 17.8 Å². The number of carbonyl (C=O) groups excluding carboxylic acids is 3. The first-order valence-electron chi connectivity index (χ1n) is 13.5. The van der Waals surface area contributed by atoms with Gasteiger partial charge in [-0.2, -0.15) is 0 Å². The number of fused-ring (bicyclic) bond motifs is 1. The Labute approximate surface area is 215 Å². The van der Waals surface area contributed by atoms with E-state index in [1.165, 1.54) is 0 Å². The third-order valence-electron chi connectivity index (χ3n) is 8.37. The Morgan fingerprint density at radius 2 is 2.00 bits per heavy atom. The number of likely N-dealkylation sites (tertiary alicyclic amines) is 1. The second-order valence-corrected chi connectivity index (χ2v) is 10.7. The fourth-order valence-electron chi connectivity index (χ4n) is 6.52. The number of unbranched alkanes of at least 4 members (excludes halogenated alkanes) is 3. The SMILES string of the molecule is C=CCCOC(=O)[C@H]1[C@H]2C(=O)N(CCCCO)C(C(=O)N(CC=C)CCCCC)C23CC(C)[C@]1(C)O3. The first-order valence-corrected chi connectivity index (χ1v) is 13.5. The molecular weight excluding hydrogens is 460 g/mol. The molecule has 8 nitrogen and oxygen atoms in total. The maximum atomic E-state index is 14.2. The maximum absolute atomic E-state index is 14.2. The zero-order valence-electron chi connectivity index (χ0n) is 22.2. The first-order chi connectivity index (χ1) is 17.2. The Balaban J connectivity index is 2.00. The van der Waals surface area contributed by atoms with Crippen molar-refractivity contribution >= 4 is 17.8 Å². The summed E-state index contributed by atoms with van der Waals surface area (Å²) in [4.78, 5) is 44.9. The van der Waals surface area contributed by atoms with Gasteiger partial charge in [0.25, 0.3) is 0 Å². The molecule has 2 amide bonds. The molecule has 3 saturated heterocycles. The van der Waals surface area contributed by atoms with Crippen LogP contribution in [0.2, 0.25) is 0 Å².